The predicted molar refractivity (Wildman–Crippen MR) is 183 cm³/mol. The summed E-state index contributed by atoms with van der Waals surface area (Å²) in [4.78, 5) is 61.1. The predicted octanol–water partition coefficient (Wildman–Crippen LogP) is 4.68. The number of allylic oxidation sites excluding steroid dienone is 1. The van der Waals surface area contributed by atoms with E-state index in [1.54, 1.807) is 29.0 Å². The summed E-state index contributed by atoms with van der Waals surface area (Å²) in [6.07, 6.45) is 4.37. The van der Waals surface area contributed by atoms with E-state index in [1.807, 2.05) is 51.1 Å². The van der Waals surface area contributed by atoms with E-state index in [4.69, 9.17) is 9.47 Å². The number of amides is 3. The fourth-order valence-corrected chi connectivity index (χ4v) is 8.48. The number of fused-ring (bicyclic) bond motifs is 1. The molecular formula is C38H55N3O7. The van der Waals surface area contributed by atoms with Crippen LogP contribution < -0.4 is 0 Å². The first-order valence-corrected chi connectivity index (χ1v) is 17.2. The number of aliphatic hydroxyl groups is 1. The van der Waals surface area contributed by atoms with Gasteiger partial charge in [0.15, 0.2) is 0 Å². The molecule has 2 bridgehead atoms. The molecule has 3 heterocycles. The van der Waals surface area contributed by atoms with E-state index in [0.717, 1.165) is 5.56 Å². The lowest BCUT2D eigenvalue weighted by Gasteiger charge is -2.45. The molecule has 0 radical (unpaired) electrons. The Hall–Kier alpha value is -3.50. The Morgan fingerprint density at radius 1 is 1.15 bits per heavy atom. The molecule has 264 valence electrons. The summed E-state index contributed by atoms with van der Waals surface area (Å²) in [5.41, 5.74) is -1.20. The summed E-state index contributed by atoms with van der Waals surface area (Å²) in [6.45, 7) is 19.7. The zero-order valence-corrected chi connectivity index (χ0v) is 29.8. The van der Waals surface area contributed by atoms with Gasteiger partial charge in [-0.1, -0.05) is 63.3 Å². The number of hydrogen-bond acceptors (Lipinski definition) is 7. The van der Waals surface area contributed by atoms with Gasteiger partial charge in [0.2, 0.25) is 17.7 Å². The number of carbonyl (C=O) groups is 4. The van der Waals surface area contributed by atoms with Gasteiger partial charge in [-0.05, 0) is 57.4 Å². The average molecular weight is 666 g/mol. The van der Waals surface area contributed by atoms with Crippen LogP contribution in [0.3, 0.4) is 0 Å². The third-order valence-electron chi connectivity index (χ3n) is 10.3. The second kappa shape index (κ2) is 14.5. The maximum atomic E-state index is 14.7. The van der Waals surface area contributed by atoms with Gasteiger partial charge >= 0.3 is 5.97 Å². The molecule has 4 rings (SSSR count). The van der Waals surface area contributed by atoms with E-state index < -0.39 is 53.2 Å². The fraction of sp³-hybridized carbons (Fsp3) is 0.632. The average Bonchev–Trinajstić information content (AvgIpc) is 3.67. The number of likely N-dealkylation sites (N-methyl/N-ethyl adjacent to an activating group) is 1. The van der Waals surface area contributed by atoms with Crippen molar-refractivity contribution in [2.45, 2.75) is 109 Å². The largest absolute Gasteiger partial charge is 0.455 e. The molecule has 1 N–H and O–H groups in total. The minimum absolute atomic E-state index is 0.0633. The highest BCUT2D eigenvalue weighted by molar-refractivity contribution is 5.98. The van der Waals surface area contributed by atoms with Crippen LogP contribution >= 0.6 is 0 Å². The molecule has 1 aromatic carbocycles. The van der Waals surface area contributed by atoms with Crippen molar-refractivity contribution >= 4 is 23.7 Å². The van der Waals surface area contributed by atoms with Crippen LogP contribution in [0.4, 0.5) is 0 Å². The van der Waals surface area contributed by atoms with E-state index in [-0.39, 0.29) is 49.3 Å². The highest BCUT2D eigenvalue weighted by Crippen LogP contribution is 2.59. The molecule has 3 amide bonds. The molecular weight excluding hydrogens is 610 g/mol. The lowest BCUT2D eigenvalue weighted by Crippen LogP contribution is -2.61. The third kappa shape index (κ3) is 7.10. The van der Waals surface area contributed by atoms with Gasteiger partial charge in [-0.25, -0.2) is 0 Å². The van der Waals surface area contributed by atoms with Crippen molar-refractivity contribution in [2.24, 2.45) is 17.3 Å². The highest BCUT2D eigenvalue weighted by Gasteiger charge is 2.75. The summed E-state index contributed by atoms with van der Waals surface area (Å²) in [7, 11) is 1.69. The zero-order valence-electron chi connectivity index (χ0n) is 29.8. The molecule has 7 atom stereocenters. The van der Waals surface area contributed by atoms with Crippen LogP contribution in [0.15, 0.2) is 55.6 Å². The smallest absolute Gasteiger partial charge is 0.313 e. The molecule has 0 aromatic heterocycles. The zero-order chi connectivity index (χ0) is 35.6. The van der Waals surface area contributed by atoms with Gasteiger partial charge in [-0.3, -0.25) is 19.2 Å². The summed E-state index contributed by atoms with van der Waals surface area (Å²) in [6, 6.07) is 7.72. The lowest BCUT2D eigenvalue weighted by atomic mass is 9.70. The molecule has 1 spiro atoms. The van der Waals surface area contributed by atoms with Gasteiger partial charge < -0.3 is 29.3 Å². The van der Waals surface area contributed by atoms with Gasteiger partial charge in [-0.2, -0.15) is 0 Å². The van der Waals surface area contributed by atoms with Crippen LogP contribution in [0.5, 0.6) is 0 Å². The maximum absolute atomic E-state index is 14.7. The molecule has 48 heavy (non-hydrogen) atoms. The number of hydrogen-bond donors (Lipinski definition) is 1. The molecule has 0 unspecified atom stereocenters. The van der Waals surface area contributed by atoms with Crippen molar-refractivity contribution in [1.29, 1.82) is 0 Å². The van der Waals surface area contributed by atoms with Gasteiger partial charge in [0, 0.05) is 32.1 Å². The Morgan fingerprint density at radius 2 is 1.81 bits per heavy atom. The summed E-state index contributed by atoms with van der Waals surface area (Å²) < 4.78 is 12.9. The van der Waals surface area contributed by atoms with Crippen LogP contribution in [0.25, 0.3) is 0 Å². The van der Waals surface area contributed by atoms with Crippen molar-refractivity contribution in [1.82, 2.24) is 14.7 Å². The number of ether oxygens (including phenoxy) is 2. The van der Waals surface area contributed by atoms with E-state index in [2.05, 4.69) is 33.9 Å². The molecule has 10 nitrogen and oxygen atoms in total. The molecule has 3 fully saturated rings. The number of esters is 1. The Morgan fingerprint density at radius 3 is 2.40 bits per heavy atom. The van der Waals surface area contributed by atoms with Crippen LogP contribution in [-0.4, -0.2) is 99.6 Å². The van der Waals surface area contributed by atoms with Crippen LogP contribution in [0.2, 0.25) is 0 Å². The SMILES string of the molecule is C=CCCC(=O)N(C)[C@H](C)[C@H](OC(=O)[C@@H]1[C@@H]2CC[C@]3(O2)[C@H](C(=O)N(CC=C)C(C)(C)CC(C)(C)C)N(CCO)C(=O)[C@@H]13)c1ccccc1. The molecule has 0 saturated carbocycles. The van der Waals surface area contributed by atoms with Crippen LogP contribution in [-0.2, 0) is 28.7 Å². The Labute approximate surface area is 286 Å². The number of rotatable bonds is 15. The van der Waals surface area contributed by atoms with Crippen molar-refractivity contribution in [3.8, 4) is 0 Å². The number of β-amino-alcohol motifs (C(OH)–C–C–N with tert-alkyl or cyclic N) is 1. The van der Waals surface area contributed by atoms with Crippen molar-refractivity contribution in [3.05, 3.63) is 61.2 Å². The molecule has 3 saturated heterocycles. The standard InChI is InChI=1S/C38H55N3O7/c1-10-12-18-28(43)39(9)25(3)31(26-16-14-13-15-17-26)47-35(46)29-27-19-20-38(48-27)30(29)33(44)40(22-23-42)32(38)34(45)41(21-11-2)37(7,8)24-36(4,5)6/h10-11,13-17,25,27,29-32,42H,1-2,12,18-24H2,3-9H3/t25-,27+,29-,30-,31+,32+,38-/m1/s1. The summed E-state index contributed by atoms with van der Waals surface area (Å²) in [5.74, 6) is -3.26. The summed E-state index contributed by atoms with van der Waals surface area (Å²) >= 11 is 0. The first-order valence-electron chi connectivity index (χ1n) is 17.2. The Balaban J connectivity index is 1.69. The molecule has 0 aliphatic carbocycles. The van der Waals surface area contributed by atoms with Gasteiger partial charge in [0.25, 0.3) is 0 Å². The number of likely N-dealkylation sites (tertiary alicyclic amines) is 1. The second-order valence-electron chi connectivity index (χ2n) is 15.4. The van der Waals surface area contributed by atoms with Crippen molar-refractivity contribution in [3.63, 3.8) is 0 Å². The maximum Gasteiger partial charge on any atom is 0.313 e. The van der Waals surface area contributed by atoms with E-state index in [1.165, 1.54) is 4.90 Å². The second-order valence-corrected chi connectivity index (χ2v) is 15.4. The van der Waals surface area contributed by atoms with E-state index in [0.29, 0.717) is 25.7 Å². The first-order chi connectivity index (χ1) is 22.5. The fourth-order valence-electron chi connectivity index (χ4n) is 8.48. The molecule has 3 aliphatic rings. The highest BCUT2D eigenvalue weighted by atomic mass is 16.6. The van der Waals surface area contributed by atoms with Crippen LogP contribution in [0.1, 0.15) is 85.3 Å². The number of benzene rings is 1. The molecule has 1 aromatic rings. The van der Waals surface area contributed by atoms with Gasteiger partial charge in [-0.15, -0.1) is 13.2 Å². The molecule has 3 aliphatic heterocycles. The summed E-state index contributed by atoms with van der Waals surface area (Å²) in [5, 5.41) is 10.1. The van der Waals surface area contributed by atoms with Gasteiger partial charge in [0.1, 0.15) is 17.7 Å². The lowest BCUT2D eigenvalue weighted by molar-refractivity contribution is -0.165. The number of aliphatic hydroxyl groups excluding tert-OH is 1. The van der Waals surface area contributed by atoms with Crippen molar-refractivity contribution < 1.29 is 33.8 Å². The normalized spacial score (nSPS) is 26.1. The first kappa shape index (κ1) is 37.3. The van der Waals surface area contributed by atoms with Crippen LogP contribution in [0, 0.1) is 17.3 Å². The Bertz CT molecular complexity index is 1370. The topological polar surface area (TPSA) is 117 Å². The molecule has 10 heteroatoms. The van der Waals surface area contributed by atoms with Gasteiger partial charge in [0.05, 0.1) is 30.6 Å². The van der Waals surface area contributed by atoms with E-state index >= 15 is 0 Å². The third-order valence-corrected chi connectivity index (χ3v) is 10.3. The van der Waals surface area contributed by atoms with E-state index in [9.17, 15) is 24.3 Å². The van der Waals surface area contributed by atoms with Crippen molar-refractivity contribution in [2.75, 3.05) is 26.7 Å². The Kier molecular flexibility index (Phi) is 11.3. The number of carbonyl (C=O) groups excluding carboxylic acids is 4. The number of nitrogens with zero attached hydrogens (tertiary/aromatic N) is 3. The minimum Gasteiger partial charge on any atom is -0.455 e. The quantitative estimate of drug-likeness (QED) is 0.214. The minimum atomic E-state index is -1.24. The monoisotopic (exact) mass is 665 g/mol.